The molecule has 1 aliphatic heterocycles. The molecule has 0 aromatic rings. The van der Waals surface area contributed by atoms with Crippen LogP contribution in [0.15, 0.2) is 0 Å². The fourth-order valence-corrected chi connectivity index (χ4v) is 3.66. The molecular formula is C16H27NO3. The third kappa shape index (κ3) is 3.53. The second kappa shape index (κ2) is 6.90. The van der Waals surface area contributed by atoms with E-state index in [2.05, 4.69) is 5.32 Å². The van der Waals surface area contributed by atoms with Gasteiger partial charge in [-0.3, -0.25) is 4.79 Å². The van der Waals surface area contributed by atoms with Crippen LogP contribution in [-0.4, -0.2) is 38.4 Å². The first-order chi connectivity index (χ1) is 9.83. The van der Waals surface area contributed by atoms with Crippen LogP contribution in [0.4, 0.5) is 0 Å². The van der Waals surface area contributed by atoms with E-state index < -0.39 is 0 Å². The third-order valence-electron chi connectivity index (χ3n) is 5.31. The van der Waals surface area contributed by atoms with Crippen LogP contribution in [0.2, 0.25) is 0 Å². The summed E-state index contributed by atoms with van der Waals surface area (Å²) in [6.07, 6.45) is 8.79. The molecule has 4 nitrogen and oxygen atoms in total. The Morgan fingerprint density at radius 2 is 1.55 bits per heavy atom. The molecule has 3 aliphatic rings. The molecule has 0 unspecified atom stereocenters. The van der Waals surface area contributed by atoms with Gasteiger partial charge in [-0.25, -0.2) is 0 Å². The number of ether oxygens (including phenoxy) is 2. The van der Waals surface area contributed by atoms with Gasteiger partial charge in [0.1, 0.15) is 0 Å². The van der Waals surface area contributed by atoms with E-state index in [0.29, 0.717) is 38.8 Å². The maximum Gasteiger partial charge on any atom is 0.220 e. The highest BCUT2D eigenvalue weighted by Crippen LogP contribution is 2.45. The molecule has 1 saturated heterocycles. The summed E-state index contributed by atoms with van der Waals surface area (Å²) < 4.78 is 10.9. The van der Waals surface area contributed by atoms with Gasteiger partial charge in [0.05, 0.1) is 32.5 Å². The topological polar surface area (TPSA) is 47.6 Å². The molecule has 20 heavy (non-hydrogen) atoms. The lowest BCUT2D eigenvalue weighted by Crippen LogP contribution is -2.43. The van der Waals surface area contributed by atoms with Crippen molar-refractivity contribution < 1.29 is 14.3 Å². The Bertz CT molecular complexity index is 304. The van der Waals surface area contributed by atoms with Gasteiger partial charge < -0.3 is 14.8 Å². The van der Waals surface area contributed by atoms with Gasteiger partial charge in [0, 0.05) is 6.42 Å². The molecular weight excluding hydrogens is 254 g/mol. The van der Waals surface area contributed by atoms with Gasteiger partial charge in [0.15, 0.2) is 0 Å². The molecule has 0 bridgehead atoms. The van der Waals surface area contributed by atoms with E-state index in [1.165, 1.54) is 38.5 Å². The minimum Gasteiger partial charge on any atom is -0.377 e. The van der Waals surface area contributed by atoms with Crippen molar-refractivity contribution in [3.8, 4) is 0 Å². The van der Waals surface area contributed by atoms with E-state index in [-0.39, 0.29) is 11.9 Å². The SMILES string of the molecule is O=C(CC(C1CCC1)C1CCC1)NC1COCCOC1. The van der Waals surface area contributed by atoms with Gasteiger partial charge >= 0.3 is 0 Å². The quantitative estimate of drug-likeness (QED) is 0.839. The van der Waals surface area contributed by atoms with Gasteiger partial charge in [-0.05, 0) is 17.8 Å². The second-order valence-corrected chi connectivity index (χ2v) is 6.66. The minimum atomic E-state index is 0.0356. The van der Waals surface area contributed by atoms with Crippen molar-refractivity contribution in [3.63, 3.8) is 0 Å². The summed E-state index contributed by atoms with van der Waals surface area (Å²) in [6.45, 7) is 2.45. The summed E-state index contributed by atoms with van der Waals surface area (Å²) in [5, 5.41) is 3.11. The van der Waals surface area contributed by atoms with Crippen molar-refractivity contribution in [2.24, 2.45) is 17.8 Å². The molecule has 1 N–H and O–H groups in total. The highest BCUT2D eigenvalue weighted by atomic mass is 16.5. The van der Waals surface area contributed by atoms with Crippen LogP contribution in [0.3, 0.4) is 0 Å². The molecule has 1 heterocycles. The van der Waals surface area contributed by atoms with Crippen LogP contribution >= 0.6 is 0 Å². The second-order valence-electron chi connectivity index (χ2n) is 6.66. The van der Waals surface area contributed by atoms with E-state index in [0.717, 1.165) is 11.8 Å². The van der Waals surface area contributed by atoms with Crippen molar-refractivity contribution >= 4 is 5.91 Å². The van der Waals surface area contributed by atoms with Gasteiger partial charge in [-0.2, -0.15) is 0 Å². The molecule has 3 fully saturated rings. The monoisotopic (exact) mass is 281 g/mol. The standard InChI is InChI=1S/C16H27NO3/c18-16(17-14-10-19-7-8-20-11-14)9-15(12-3-1-4-12)13-5-2-6-13/h12-15H,1-11H2,(H,17,18). The summed E-state index contributed by atoms with van der Waals surface area (Å²) in [5.41, 5.74) is 0. The lowest BCUT2D eigenvalue weighted by atomic mass is 9.63. The van der Waals surface area contributed by atoms with E-state index in [9.17, 15) is 4.79 Å². The van der Waals surface area contributed by atoms with E-state index in [1.807, 2.05) is 0 Å². The summed E-state index contributed by atoms with van der Waals surface area (Å²) in [6, 6.07) is 0.0356. The summed E-state index contributed by atoms with van der Waals surface area (Å²) in [7, 11) is 0. The lowest BCUT2D eigenvalue weighted by Gasteiger charge is -2.42. The van der Waals surface area contributed by atoms with Crippen LogP contribution in [0.5, 0.6) is 0 Å². The fourth-order valence-electron chi connectivity index (χ4n) is 3.66. The Morgan fingerprint density at radius 3 is 2.00 bits per heavy atom. The maximum absolute atomic E-state index is 12.3. The first-order valence-electron chi connectivity index (χ1n) is 8.28. The predicted molar refractivity (Wildman–Crippen MR) is 76.4 cm³/mol. The summed E-state index contributed by atoms with van der Waals surface area (Å²) >= 11 is 0. The zero-order valence-corrected chi connectivity index (χ0v) is 12.3. The van der Waals surface area contributed by atoms with E-state index in [1.54, 1.807) is 0 Å². The van der Waals surface area contributed by atoms with Crippen molar-refractivity contribution in [3.05, 3.63) is 0 Å². The average Bonchev–Trinajstić information content (AvgIpc) is 2.52. The van der Waals surface area contributed by atoms with Crippen molar-refractivity contribution in [1.29, 1.82) is 0 Å². The Labute approximate surface area is 121 Å². The average molecular weight is 281 g/mol. The smallest absolute Gasteiger partial charge is 0.220 e. The van der Waals surface area contributed by atoms with Gasteiger partial charge in [-0.1, -0.05) is 38.5 Å². The van der Waals surface area contributed by atoms with E-state index in [4.69, 9.17) is 9.47 Å². The molecule has 1 amide bonds. The number of carbonyl (C=O) groups excluding carboxylic acids is 1. The summed E-state index contributed by atoms with van der Waals surface area (Å²) in [4.78, 5) is 12.3. The largest absolute Gasteiger partial charge is 0.377 e. The van der Waals surface area contributed by atoms with Crippen LogP contribution < -0.4 is 5.32 Å². The molecule has 0 atom stereocenters. The third-order valence-corrected chi connectivity index (χ3v) is 5.31. The van der Waals surface area contributed by atoms with Crippen molar-refractivity contribution in [2.75, 3.05) is 26.4 Å². The molecule has 0 aromatic carbocycles. The number of hydrogen-bond acceptors (Lipinski definition) is 3. The fraction of sp³-hybridized carbons (Fsp3) is 0.938. The number of amides is 1. The highest BCUT2D eigenvalue weighted by Gasteiger charge is 2.37. The minimum absolute atomic E-state index is 0.0356. The lowest BCUT2D eigenvalue weighted by molar-refractivity contribution is -0.125. The Balaban J connectivity index is 1.47. The molecule has 0 aromatic heterocycles. The highest BCUT2D eigenvalue weighted by molar-refractivity contribution is 5.76. The van der Waals surface area contributed by atoms with Gasteiger partial charge in [-0.15, -0.1) is 0 Å². The number of carbonyl (C=O) groups is 1. The van der Waals surface area contributed by atoms with Crippen LogP contribution in [0, 0.1) is 17.8 Å². The normalized spacial score (nSPS) is 25.9. The molecule has 4 heteroatoms. The molecule has 0 spiro atoms. The number of nitrogens with one attached hydrogen (secondary N) is 1. The first-order valence-corrected chi connectivity index (χ1v) is 8.28. The molecule has 3 rings (SSSR count). The van der Waals surface area contributed by atoms with Gasteiger partial charge in [0.2, 0.25) is 5.91 Å². The molecule has 114 valence electrons. The van der Waals surface area contributed by atoms with Crippen LogP contribution in [0.25, 0.3) is 0 Å². The zero-order valence-electron chi connectivity index (χ0n) is 12.3. The zero-order chi connectivity index (χ0) is 13.8. The Kier molecular flexibility index (Phi) is 4.94. The number of rotatable bonds is 5. The predicted octanol–water partition coefficient (Wildman–Crippen LogP) is 2.12. The van der Waals surface area contributed by atoms with Crippen molar-refractivity contribution in [2.45, 2.75) is 51.0 Å². The molecule has 2 aliphatic carbocycles. The number of hydrogen-bond donors (Lipinski definition) is 1. The Morgan fingerprint density at radius 1 is 1.00 bits per heavy atom. The van der Waals surface area contributed by atoms with Crippen molar-refractivity contribution in [1.82, 2.24) is 5.32 Å². The first kappa shape index (κ1) is 14.3. The van der Waals surface area contributed by atoms with Gasteiger partial charge in [0.25, 0.3) is 0 Å². The van der Waals surface area contributed by atoms with Crippen LogP contribution in [-0.2, 0) is 14.3 Å². The molecule has 2 saturated carbocycles. The Hall–Kier alpha value is -0.610. The molecule has 0 radical (unpaired) electrons. The van der Waals surface area contributed by atoms with E-state index >= 15 is 0 Å². The summed E-state index contributed by atoms with van der Waals surface area (Å²) in [5.74, 6) is 2.46. The van der Waals surface area contributed by atoms with Crippen LogP contribution in [0.1, 0.15) is 44.9 Å². The maximum atomic E-state index is 12.3.